The quantitative estimate of drug-likeness (QED) is 0.564. The Kier molecular flexibility index (Phi) is 5.91. The number of carbonyl (C=O) groups is 1. The summed E-state index contributed by atoms with van der Waals surface area (Å²) in [4.78, 5) is 12.4. The van der Waals surface area contributed by atoms with Crippen LogP contribution in [0.3, 0.4) is 0 Å². The number of nitrogen functional groups attached to an aromatic ring is 1. The summed E-state index contributed by atoms with van der Waals surface area (Å²) in [6.45, 7) is 5.32. The summed E-state index contributed by atoms with van der Waals surface area (Å²) >= 11 is 1.37. The number of amides is 2. The highest BCUT2D eigenvalue weighted by Crippen LogP contribution is 2.20. The van der Waals surface area contributed by atoms with Crippen LogP contribution in [0.25, 0.3) is 0 Å². The lowest BCUT2D eigenvalue weighted by Crippen LogP contribution is -2.48. The van der Waals surface area contributed by atoms with Crippen molar-refractivity contribution in [3.63, 3.8) is 0 Å². The van der Waals surface area contributed by atoms with Gasteiger partial charge in [-0.1, -0.05) is 6.07 Å². The molecule has 6 nitrogen and oxygen atoms in total. The van der Waals surface area contributed by atoms with Gasteiger partial charge in [-0.25, -0.2) is 17.9 Å². The summed E-state index contributed by atoms with van der Waals surface area (Å²) in [7, 11) is -3.65. The standard InChI is InChI=1S/C13H21N3O3S2/c1-13(2,3)15-12(17)16-21(18,19)8-7-20-11-6-4-5-10(14)9-11/h4-6,9H,7-8,14H2,1-3H3,(H2,15,16,17). The lowest BCUT2D eigenvalue weighted by atomic mass is 10.1. The van der Waals surface area contributed by atoms with Gasteiger partial charge < -0.3 is 11.1 Å². The van der Waals surface area contributed by atoms with Crippen LogP contribution in [0.4, 0.5) is 10.5 Å². The molecule has 118 valence electrons. The zero-order valence-corrected chi connectivity index (χ0v) is 14.0. The number of urea groups is 1. The molecule has 2 amide bonds. The minimum Gasteiger partial charge on any atom is -0.399 e. The Balaban J connectivity index is 2.45. The molecule has 21 heavy (non-hydrogen) atoms. The molecule has 0 aliphatic heterocycles. The molecule has 0 heterocycles. The minimum absolute atomic E-state index is 0.149. The van der Waals surface area contributed by atoms with E-state index < -0.39 is 21.6 Å². The van der Waals surface area contributed by atoms with Gasteiger partial charge in [0.05, 0.1) is 5.75 Å². The number of carbonyl (C=O) groups excluding carboxylic acids is 1. The van der Waals surface area contributed by atoms with Gasteiger partial charge in [-0.15, -0.1) is 11.8 Å². The molecule has 1 rings (SSSR count). The van der Waals surface area contributed by atoms with Crippen molar-refractivity contribution in [2.45, 2.75) is 31.2 Å². The first-order valence-corrected chi connectivity index (χ1v) is 9.02. The number of thioether (sulfide) groups is 1. The lowest BCUT2D eigenvalue weighted by Gasteiger charge is -2.20. The Morgan fingerprint density at radius 1 is 1.33 bits per heavy atom. The minimum atomic E-state index is -3.65. The fraction of sp³-hybridized carbons (Fsp3) is 0.462. The van der Waals surface area contributed by atoms with Gasteiger partial charge in [0, 0.05) is 21.9 Å². The van der Waals surface area contributed by atoms with E-state index in [4.69, 9.17) is 5.73 Å². The van der Waals surface area contributed by atoms with Crippen LogP contribution in [0.5, 0.6) is 0 Å². The van der Waals surface area contributed by atoms with E-state index in [0.29, 0.717) is 11.4 Å². The third kappa shape index (κ3) is 7.81. The highest BCUT2D eigenvalue weighted by molar-refractivity contribution is 8.00. The van der Waals surface area contributed by atoms with Crippen molar-refractivity contribution in [3.05, 3.63) is 24.3 Å². The molecule has 0 aliphatic carbocycles. The summed E-state index contributed by atoms with van der Waals surface area (Å²) in [5.41, 5.74) is 5.78. The molecule has 0 spiro atoms. The van der Waals surface area contributed by atoms with Crippen LogP contribution in [0.1, 0.15) is 20.8 Å². The fourth-order valence-electron chi connectivity index (χ4n) is 1.43. The largest absolute Gasteiger partial charge is 0.399 e. The molecule has 8 heteroatoms. The number of anilines is 1. The second-order valence-electron chi connectivity index (χ2n) is 5.55. The zero-order valence-electron chi connectivity index (χ0n) is 12.3. The average molecular weight is 331 g/mol. The third-order valence-corrected chi connectivity index (χ3v) is 4.71. The van der Waals surface area contributed by atoms with E-state index in [2.05, 4.69) is 5.32 Å². The number of benzene rings is 1. The Morgan fingerprint density at radius 3 is 2.57 bits per heavy atom. The maximum Gasteiger partial charge on any atom is 0.328 e. The molecule has 0 unspecified atom stereocenters. The van der Waals surface area contributed by atoms with E-state index >= 15 is 0 Å². The number of hydrogen-bond acceptors (Lipinski definition) is 5. The zero-order chi connectivity index (χ0) is 16.1. The van der Waals surface area contributed by atoms with E-state index in [9.17, 15) is 13.2 Å². The van der Waals surface area contributed by atoms with Crippen molar-refractivity contribution in [2.24, 2.45) is 0 Å². The number of nitrogens with two attached hydrogens (primary N) is 1. The lowest BCUT2D eigenvalue weighted by molar-refractivity contribution is 0.237. The van der Waals surface area contributed by atoms with E-state index in [-0.39, 0.29) is 5.75 Å². The number of hydrogen-bond donors (Lipinski definition) is 3. The maximum atomic E-state index is 11.8. The molecule has 1 aromatic carbocycles. The average Bonchev–Trinajstić information content (AvgIpc) is 2.24. The van der Waals surface area contributed by atoms with Gasteiger partial charge in [0.1, 0.15) is 0 Å². The molecule has 0 bridgehead atoms. The molecule has 1 aromatic rings. The smallest absolute Gasteiger partial charge is 0.328 e. The van der Waals surface area contributed by atoms with Crippen molar-refractivity contribution in [1.82, 2.24) is 10.0 Å². The predicted molar refractivity (Wildman–Crippen MR) is 86.8 cm³/mol. The second-order valence-corrected chi connectivity index (χ2v) is 8.56. The van der Waals surface area contributed by atoms with E-state index in [1.54, 1.807) is 39.0 Å². The molecule has 0 aliphatic rings. The third-order valence-electron chi connectivity index (χ3n) is 2.22. The van der Waals surface area contributed by atoms with Crippen LogP contribution >= 0.6 is 11.8 Å². The monoisotopic (exact) mass is 331 g/mol. The first kappa shape index (κ1) is 17.6. The van der Waals surface area contributed by atoms with Crippen molar-refractivity contribution >= 4 is 33.5 Å². The molecule has 0 atom stereocenters. The highest BCUT2D eigenvalue weighted by Gasteiger charge is 2.19. The first-order valence-electron chi connectivity index (χ1n) is 6.38. The topological polar surface area (TPSA) is 101 Å². The van der Waals surface area contributed by atoms with Crippen LogP contribution in [-0.4, -0.2) is 31.5 Å². The Morgan fingerprint density at radius 2 is 2.00 bits per heavy atom. The van der Waals surface area contributed by atoms with Crippen molar-refractivity contribution in [2.75, 3.05) is 17.2 Å². The Hall–Kier alpha value is -1.41. The molecule has 0 radical (unpaired) electrons. The predicted octanol–water partition coefficient (Wildman–Crippen LogP) is 1.79. The normalized spacial score (nSPS) is 12.0. The van der Waals surface area contributed by atoms with Gasteiger partial charge in [-0.3, -0.25) is 0 Å². The molecule has 0 aromatic heterocycles. The molecule has 0 fully saturated rings. The molecule has 4 N–H and O–H groups in total. The van der Waals surface area contributed by atoms with Gasteiger partial charge in [-0.05, 0) is 39.0 Å². The summed E-state index contributed by atoms with van der Waals surface area (Å²) in [6, 6.07) is 6.49. The summed E-state index contributed by atoms with van der Waals surface area (Å²) in [5, 5.41) is 2.54. The number of nitrogens with one attached hydrogen (secondary N) is 2. The molecule has 0 saturated carbocycles. The maximum absolute atomic E-state index is 11.8. The van der Waals surface area contributed by atoms with Crippen LogP contribution in [0.2, 0.25) is 0 Å². The van der Waals surface area contributed by atoms with Gasteiger partial charge in [-0.2, -0.15) is 0 Å². The second kappa shape index (κ2) is 7.04. The van der Waals surface area contributed by atoms with E-state index in [1.807, 2.05) is 10.8 Å². The Labute approximate surface area is 129 Å². The van der Waals surface area contributed by atoms with Crippen LogP contribution in [0.15, 0.2) is 29.2 Å². The fourth-order valence-corrected chi connectivity index (χ4v) is 3.71. The summed E-state index contributed by atoms with van der Waals surface area (Å²) in [6.07, 6.45) is 0. The summed E-state index contributed by atoms with van der Waals surface area (Å²) < 4.78 is 25.5. The van der Waals surface area contributed by atoms with Crippen LogP contribution in [0, 0.1) is 0 Å². The summed E-state index contributed by atoms with van der Waals surface area (Å²) in [5.74, 6) is 0.186. The van der Waals surface area contributed by atoms with Crippen LogP contribution in [-0.2, 0) is 10.0 Å². The highest BCUT2D eigenvalue weighted by atomic mass is 32.2. The van der Waals surface area contributed by atoms with Gasteiger partial charge in [0.25, 0.3) is 0 Å². The van der Waals surface area contributed by atoms with Crippen molar-refractivity contribution in [1.29, 1.82) is 0 Å². The number of rotatable bonds is 5. The van der Waals surface area contributed by atoms with Gasteiger partial charge in [0.15, 0.2) is 0 Å². The molecular weight excluding hydrogens is 310 g/mol. The van der Waals surface area contributed by atoms with Crippen molar-refractivity contribution in [3.8, 4) is 0 Å². The van der Waals surface area contributed by atoms with E-state index in [1.165, 1.54) is 11.8 Å². The molecule has 0 saturated heterocycles. The number of sulfonamides is 1. The first-order chi connectivity index (χ1) is 9.57. The SMILES string of the molecule is CC(C)(C)NC(=O)NS(=O)(=O)CCSc1cccc(N)c1. The van der Waals surface area contributed by atoms with E-state index in [0.717, 1.165) is 4.90 Å². The Bertz CT molecular complexity index is 595. The van der Waals surface area contributed by atoms with Crippen LogP contribution < -0.4 is 15.8 Å². The molecular formula is C13H21N3O3S2. The van der Waals surface area contributed by atoms with Crippen molar-refractivity contribution < 1.29 is 13.2 Å². The van der Waals surface area contributed by atoms with Gasteiger partial charge in [0.2, 0.25) is 10.0 Å². The van der Waals surface area contributed by atoms with Gasteiger partial charge >= 0.3 is 6.03 Å².